The molecule has 2 fully saturated rings. The Kier molecular flexibility index (Phi) is 3.38. The lowest BCUT2D eigenvalue weighted by Crippen LogP contribution is -2.49. The zero-order valence-corrected chi connectivity index (χ0v) is 12.0. The van der Waals surface area contributed by atoms with Gasteiger partial charge in [0.25, 0.3) is 5.91 Å². The van der Waals surface area contributed by atoms with Crippen molar-refractivity contribution >= 4 is 5.91 Å². The van der Waals surface area contributed by atoms with Crippen molar-refractivity contribution in [2.24, 2.45) is 0 Å². The maximum absolute atomic E-state index is 12.5. The van der Waals surface area contributed by atoms with Crippen molar-refractivity contribution in [1.29, 1.82) is 0 Å². The Bertz CT molecular complexity index is 569. The summed E-state index contributed by atoms with van der Waals surface area (Å²) in [4.78, 5) is 29.1. The van der Waals surface area contributed by atoms with E-state index in [0.29, 0.717) is 12.1 Å². The van der Waals surface area contributed by atoms with Crippen LogP contribution in [0.3, 0.4) is 0 Å². The van der Waals surface area contributed by atoms with Crippen molar-refractivity contribution in [3.8, 4) is 0 Å². The molecule has 2 bridgehead atoms. The fourth-order valence-corrected chi connectivity index (χ4v) is 3.44. The van der Waals surface area contributed by atoms with Gasteiger partial charge in [-0.05, 0) is 32.6 Å². The van der Waals surface area contributed by atoms with Crippen LogP contribution in [0.4, 0.5) is 0 Å². The number of nitrogens with zero attached hydrogens (tertiary/aromatic N) is 1. The molecule has 1 amide bonds. The first-order valence-electron chi connectivity index (χ1n) is 7.27. The summed E-state index contributed by atoms with van der Waals surface area (Å²) >= 11 is 0. The fourth-order valence-electron chi connectivity index (χ4n) is 3.44. The van der Waals surface area contributed by atoms with Gasteiger partial charge in [0.2, 0.25) is 0 Å². The summed E-state index contributed by atoms with van der Waals surface area (Å²) in [7, 11) is 1.82. The summed E-state index contributed by atoms with van der Waals surface area (Å²) in [6.07, 6.45) is 5.92. The summed E-state index contributed by atoms with van der Waals surface area (Å²) in [5, 5.41) is 3.57. The third kappa shape index (κ3) is 2.38. The number of aromatic nitrogens is 1. The van der Waals surface area contributed by atoms with E-state index < -0.39 is 0 Å². The van der Waals surface area contributed by atoms with E-state index in [1.807, 2.05) is 14.0 Å². The second-order valence-electron chi connectivity index (χ2n) is 6.07. The molecule has 0 radical (unpaired) electrons. The van der Waals surface area contributed by atoms with Crippen LogP contribution in [0.2, 0.25) is 0 Å². The van der Waals surface area contributed by atoms with Crippen molar-refractivity contribution in [1.82, 2.24) is 15.2 Å². The number of pyridine rings is 1. The van der Waals surface area contributed by atoms with Gasteiger partial charge in [-0.15, -0.1) is 0 Å². The molecule has 1 aromatic rings. The Morgan fingerprint density at radius 2 is 1.95 bits per heavy atom. The Morgan fingerprint density at radius 3 is 2.55 bits per heavy atom. The lowest BCUT2D eigenvalue weighted by atomic mass is 9.98. The second kappa shape index (κ2) is 5.05. The fraction of sp³-hybridized carbons (Fsp3) is 0.600. The number of carbonyl (C=O) groups excluding carboxylic acids is 1. The molecular formula is C15H21N3O2. The van der Waals surface area contributed by atoms with Gasteiger partial charge in [0.1, 0.15) is 5.56 Å². The normalized spacial score (nSPS) is 28.4. The largest absolute Gasteiger partial charge is 0.364 e. The summed E-state index contributed by atoms with van der Waals surface area (Å²) in [6, 6.07) is 2.78. The lowest BCUT2D eigenvalue weighted by Gasteiger charge is -2.35. The number of piperidine rings is 1. The highest BCUT2D eigenvalue weighted by atomic mass is 16.2. The zero-order chi connectivity index (χ0) is 14.3. The molecule has 2 atom stereocenters. The first-order valence-corrected chi connectivity index (χ1v) is 7.27. The molecule has 108 valence electrons. The molecule has 3 rings (SSSR count). The molecule has 2 N–H and O–H groups in total. The van der Waals surface area contributed by atoms with Gasteiger partial charge in [0.05, 0.1) is 0 Å². The second-order valence-corrected chi connectivity index (χ2v) is 6.07. The van der Waals surface area contributed by atoms with Crippen LogP contribution in [0.1, 0.15) is 41.7 Å². The first-order chi connectivity index (χ1) is 9.54. The van der Waals surface area contributed by atoms with E-state index >= 15 is 0 Å². The number of aryl methyl sites for hydroxylation is 1. The standard InChI is InChI=1S/C15H21N3O2/c1-9-5-14(19)13(8-16-9)15(20)18(2)12-6-10-3-4-11(7-12)17-10/h5,8,10-12,17H,3-4,6-7H2,1-2H3,(H,16,19). The van der Waals surface area contributed by atoms with E-state index in [0.717, 1.165) is 18.5 Å². The Balaban J connectivity index is 1.78. The van der Waals surface area contributed by atoms with E-state index in [4.69, 9.17) is 0 Å². The van der Waals surface area contributed by atoms with Gasteiger partial charge in [-0.1, -0.05) is 0 Å². The van der Waals surface area contributed by atoms with Crippen LogP contribution in [0.5, 0.6) is 0 Å². The van der Waals surface area contributed by atoms with Crippen molar-refractivity contribution in [2.75, 3.05) is 7.05 Å². The van der Waals surface area contributed by atoms with Crippen molar-refractivity contribution < 1.29 is 4.79 Å². The summed E-state index contributed by atoms with van der Waals surface area (Å²) in [5.74, 6) is -0.169. The quantitative estimate of drug-likeness (QED) is 0.847. The minimum atomic E-state index is -0.199. The van der Waals surface area contributed by atoms with Gasteiger partial charge >= 0.3 is 0 Å². The van der Waals surface area contributed by atoms with Gasteiger partial charge in [-0.3, -0.25) is 9.59 Å². The van der Waals surface area contributed by atoms with Gasteiger partial charge in [-0.25, -0.2) is 0 Å². The van der Waals surface area contributed by atoms with Crippen LogP contribution in [0.15, 0.2) is 17.1 Å². The highest BCUT2D eigenvalue weighted by Crippen LogP contribution is 2.29. The van der Waals surface area contributed by atoms with Gasteiger partial charge in [-0.2, -0.15) is 0 Å². The molecule has 5 heteroatoms. The van der Waals surface area contributed by atoms with Crippen molar-refractivity contribution in [3.05, 3.63) is 33.7 Å². The highest BCUT2D eigenvalue weighted by Gasteiger charge is 2.36. The monoisotopic (exact) mass is 275 g/mol. The maximum Gasteiger partial charge on any atom is 0.259 e. The van der Waals surface area contributed by atoms with E-state index in [1.165, 1.54) is 25.1 Å². The SMILES string of the molecule is Cc1cc(=O)c(C(=O)N(C)C2CC3CCC(C2)N3)c[nH]1. The molecule has 2 unspecified atom stereocenters. The third-order valence-electron chi connectivity index (χ3n) is 4.60. The number of fused-ring (bicyclic) bond motifs is 2. The number of aromatic amines is 1. The molecule has 0 aliphatic carbocycles. The predicted octanol–water partition coefficient (Wildman–Crippen LogP) is 1.04. The molecule has 5 nitrogen and oxygen atoms in total. The van der Waals surface area contributed by atoms with Gasteiger partial charge in [0, 0.05) is 43.1 Å². The molecule has 2 aliphatic heterocycles. The number of hydrogen-bond donors (Lipinski definition) is 2. The lowest BCUT2D eigenvalue weighted by molar-refractivity contribution is 0.0680. The van der Waals surface area contributed by atoms with Crippen LogP contribution in [0, 0.1) is 6.92 Å². The smallest absolute Gasteiger partial charge is 0.259 e. The van der Waals surface area contributed by atoms with E-state index in [9.17, 15) is 9.59 Å². The Hall–Kier alpha value is -1.62. The van der Waals surface area contributed by atoms with Gasteiger partial charge in [0.15, 0.2) is 5.43 Å². The molecule has 0 spiro atoms. The molecule has 0 saturated carbocycles. The minimum absolute atomic E-state index is 0.169. The Morgan fingerprint density at radius 1 is 1.30 bits per heavy atom. The van der Waals surface area contributed by atoms with Crippen LogP contribution in [-0.2, 0) is 0 Å². The molecule has 2 aliphatic rings. The van der Waals surface area contributed by atoms with Crippen LogP contribution < -0.4 is 10.7 Å². The summed E-state index contributed by atoms with van der Waals surface area (Å²) < 4.78 is 0. The zero-order valence-electron chi connectivity index (χ0n) is 12.0. The number of hydrogen-bond acceptors (Lipinski definition) is 3. The highest BCUT2D eigenvalue weighted by molar-refractivity contribution is 5.93. The van der Waals surface area contributed by atoms with Crippen LogP contribution >= 0.6 is 0 Å². The van der Waals surface area contributed by atoms with Crippen molar-refractivity contribution in [2.45, 2.75) is 50.7 Å². The minimum Gasteiger partial charge on any atom is -0.364 e. The molecular weight excluding hydrogens is 254 g/mol. The van der Waals surface area contributed by atoms with E-state index in [-0.39, 0.29) is 22.9 Å². The summed E-state index contributed by atoms with van der Waals surface area (Å²) in [6.45, 7) is 1.81. The Labute approximate surface area is 118 Å². The average Bonchev–Trinajstić information content (AvgIpc) is 2.76. The topological polar surface area (TPSA) is 65.2 Å². The number of carbonyl (C=O) groups is 1. The molecule has 1 aromatic heterocycles. The van der Waals surface area contributed by atoms with Gasteiger partial charge < -0.3 is 15.2 Å². The average molecular weight is 275 g/mol. The number of rotatable bonds is 2. The third-order valence-corrected chi connectivity index (χ3v) is 4.60. The maximum atomic E-state index is 12.5. The molecule has 2 saturated heterocycles. The first kappa shape index (κ1) is 13.4. The summed E-state index contributed by atoms with van der Waals surface area (Å²) in [5.41, 5.74) is 0.813. The van der Waals surface area contributed by atoms with Crippen LogP contribution in [0.25, 0.3) is 0 Å². The molecule has 3 heterocycles. The molecule has 20 heavy (non-hydrogen) atoms. The number of H-pyrrole nitrogens is 1. The van der Waals surface area contributed by atoms with E-state index in [2.05, 4.69) is 10.3 Å². The predicted molar refractivity (Wildman–Crippen MR) is 76.9 cm³/mol. The van der Waals surface area contributed by atoms with Crippen molar-refractivity contribution in [3.63, 3.8) is 0 Å². The van der Waals surface area contributed by atoms with E-state index in [1.54, 1.807) is 4.90 Å². The van der Waals surface area contributed by atoms with Crippen LogP contribution in [-0.4, -0.2) is 41.0 Å². The number of amides is 1. The number of nitrogens with one attached hydrogen (secondary N) is 2. The molecule has 0 aromatic carbocycles.